The molecule has 0 atom stereocenters. The second-order valence-electron chi connectivity index (χ2n) is 3.42. The zero-order valence-electron chi connectivity index (χ0n) is 8.52. The van der Waals surface area contributed by atoms with Crippen molar-refractivity contribution in [1.29, 1.82) is 0 Å². The van der Waals surface area contributed by atoms with Gasteiger partial charge in [-0.15, -0.1) is 11.3 Å². The van der Waals surface area contributed by atoms with Crippen LogP contribution >= 0.6 is 11.3 Å². The van der Waals surface area contributed by atoms with Crippen molar-refractivity contribution in [3.63, 3.8) is 0 Å². The van der Waals surface area contributed by atoms with Gasteiger partial charge in [0, 0.05) is 17.5 Å². The molecule has 1 aromatic carbocycles. The molecule has 3 heteroatoms. The van der Waals surface area contributed by atoms with Gasteiger partial charge >= 0.3 is 0 Å². The van der Waals surface area contributed by atoms with E-state index in [0.717, 1.165) is 12.8 Å². The third-order valence-corrected chi connectivity index (χ3v) is 3.25. The maximum absolute atomic E-state index is 5.50. The SMILES string of the molecule is NCCc1cnc(Cc2ccccc2)s1. The highest BCUT2D eigenvalue weighted by molar-refractivity contribution is 7.11. The van der Waals surface area contributed by atoms with E-state index in [9.17, 15) is 0 Å². The molecule has 0 unspecified atom stereocenters. The number of rotatable bonds is 4. The molecule has 0 amide bonds. The van der Waals surface area contributed by atoms with E-state index in [-0.39, 0.29) is 0 Å². The third-order valence-electron chi connectivity index (χ3n) is 2.19. The molecule has 0 radical (unpaired) electrons. The largest absolute Gasteiger partial charge is 0.330 e. The van der Waals surface area contributed by atoms with Gasteiger partial charge in [0.2, 0.25) is 0 Å². The molecule has 0 aliphatic rings. The van der Waals surface area contributed by atoms with Gasteiger partial charge in [0.25, 0.3) is 0 Å². The minimum Gasteiger partial charge on any atom is -0.330 e. The molecule has 0 saturated heterocycles. The van der Waals surface area contributed by atoms with Gasteiger partial charge < -0.3 is 5.73 Å². The summed E-state index contributed by atoms with van der Waals surface area (Å²) in [6, 6.07) is 10.4. The first-order chi connectivity index (χ1) is 7.38. The van der Waals surface area contributed by atoms with Crippen molar-refractivity contribution in [3.8, 4) is 0 Å². The molecular weight excluding hydrogens is 204 g/mol. The van der Waals surface area contributed by atoms with E-state index in [1.807, 2.05) is 12.3 Å². The topological polar surface area (TPSA) is 38.9 Å². The number of aromatic nitrogens is 1. The number of benzene rings is 1. The van der Waals surface area contributed by atoms with Gasteiger partial charge in [0.05, 0.1) is 5.01 Å². The Hall–Kier alpha value is -1.19. The zero-order chi connectivity index (χ0) is 10.5. The highest BCUT2D eigenvalue weighted by atomic mass is 32.1. The van der Waals surface area contributed by atoms with Crippen LogP contribution in [0.1, 0.15) is 15.4 Å². The Kier molecular flexibility index (Phi) is 3.48. The maximum Gasteiger partial charge on any atom is 0.0971 e. The second kappa shape index (κ2) is 5.05. The average Bonchev–Trinajstić information content (AvgIpc) is 2.68. The van der Waals surface area contributed by atoms with Gasteiger partial charge in [-0.2, -0.15) is 0 Å². The smallest absolute Gasteiger partial charge is 0.0971 e. The number of thiazole rings is 1. The maximum atomic E-state index is 5.50. The summed E-state index contributed by atoms with van der Waals surface area (Å²) >= 11 is 1.76. The quantitative estimate of drug-likeness (QED) is 0.854. The van der Waals surface area contributed by atoms with Crippen molar-refractivity contribution in [2.24, 2.45) is 5.73 Å². The number of hydrogen-bond donors (Lipinski definition) is 1. The lowest BCUT2D eigenvalue weighted by atomic mass is 10.2. The summed E-state index contributed by atoms with van der Waals surface area (Å²) in [5.41, 5.74) is 6.81. The van der Waals surface area contributed by atoms with Crippen LogP contribution in [-0.4, -0.2) is 11.5 Å². The molecule has 0 bridgehead atoms. The Morgan fingerprint density at radius 2 is 2.00 bits per heavy atom. The van der Waals surface area contributed by atoms with Crippen LogP contribution in [0.3, 0.4) is 0 Å². The van der Waals surface area contributed by atoms with Crippen molar-refractivity contribution >= 4 is 11.3 Å². The lowest BCUT2D eigenvalue weighted by Crippen LogP contribution is -2.00. The first-order valence-corrected chi connectivity index (χ1v) is 5.87. The highest BCUT2D eigenvalue weighted by Crippen LogP contribution is 2.16. The predicted molar refractivity (Wildman–Crippen MR) is 64.1 cm³/mol. The van der Waals surface area contributed by atoms with Crippen LogP contribution in [0.4, 0.5) is 0 Å². The molecule has 15 heavy (non-hydrogen) atoms. The zero-order valence-corrected chi connectivity index (χ0v) is 9.33. The molecule has 0 spiro atoms. The Morgan fingerprint density at radius 1 is 1.20 bits per heavy atom. The van der Waals surface area contributed by atoms with E-state index in [1.165, 1.54) is 15.4 Å². The van der Waals surface area contributed by atoms with Gasteiger partial charge in [0.1, 0.15) is 0 Å². The lowest BCUT2D eigenvalue weighted by molar-refractivity contribution is 0.983. The van der Waals surface area contributed by atoms with Crippen LogP contribution in [-0.2, 0) is 12.8 Å². The van der Waals surface area contributed by atoms with Crippen molar-refractivity contribution in [2.75, 3.05) is 6.54 Å². The summed E-state index contributed by atoms with van der Waals surface area (Å²) in [6.07, 6.45) is 3.80. The standard InChI is InChI=1S/C12H14N2S/c13-7-6-11-9-14-12(15-11)8-10-4-2-1-3-5-10/h1-5,9H,6-8,13H2. The van der Waals surface area contributed by atoms with Gasteiger partial charge in [-0.25, -0.2) is 4.98 Å². The summed E-state index contributed by atoms with van der Waals surface area (Å²) < 4.78 is 0. The fourth-order valence-electron chi connectivity index (χ4n) is 1.46. The number of nitrogens with zero attached hydrogens (tertiary/aromatic N) is 1. The van der Waals surface area contributed by atoms with Gasteiger partial charge in [0.15, 0.2) is 0 Å². The lowest BCUT2D eigenvalue weighted by Gasteiger charge is -1.95. The summed E-state index contributed by atoms with van der Waals surface area (Å²) in [7, 11) is 0. The Morgan fingerprint density at radius 3 is 2.73 bits per heavy atom. The molecule has 2 N–H and O–H groups in total. The van der Waals surface area contributed by atoms with Crippen LogP contribution in [0.5, 0.6) is 0 Å². The first kappa shape index (κ1) is 10.3. The highest BCUT2D eigenvalue weighted by Gasteiger charge is 2.02. The van der Waals surface area contributed by atoms with Crippen LogP contribution in [0.2, 0.25) is 0 Å². The van der Waals surface area contributed by atoms with Crippen LogP contribution in [0, 0.1) is 0 Å². The molecule has 0 aliphatic carbocycles. The van der Waals surface area contributed by atoms with Crippen molar-refractivity contribution in [3.05, 3.63) is 52.0 Å². The summed E-state index contributed by atoms with van der Waals surface area (Å²) in [5.74, 6) is 0. The van der Waals surface area contributed by atoms with E-state index < -0.39 is 0 Å². The van der Waals surface area contributed by atoms with Crippen molar-refractivity contribution in [1.82, 2.24) is 4.98 Å². The first-order valence-electron chi connectivity index (χ1n) is 5.06. The van der Waals surface area contributed by atoms with Gasteiger partial charge in [-0.3, -0.25) is 0 Å². The van der Waals surface area contributed by atoms with Crippen LogP contribution in [0.15, 0.2) is 36.5 Å². The molecule has 1 aromatic heterocycles. The van der Waals surface area contributed by atoms with Crippen molar-refractivity contribution in [2.45, 2.75) is 12.8 Å². The Bertz CT molecular complexity index is 409. The van der Waals surface area contributed by atoms with E-state index in [2.05, 4.69) is 29.2 Å². The average molecular weight is 218 g/mol. The van der Waals surface area contributed by atoms with E-state index in [4.69, 9.17) is 5.73 Å². The predicted octanol–water partition coefficient (Wildman–Crippen LogP) is 2.24. The molecule has 1 heterocycles. The summed E-state index contributed by atoms with van der Waals surface area (Å²) in [4.78, 5) is 5.67. The van der Waals surface area contributed by atoms with Crippen LogP contribution < -0.4 is 5.73 Å². The Labute approximate surface area is 93.8 Å². The molecule has 0 saturated carbocycles. The minimum absolute atomic E-state index is 0.701. The minimum atomic E-state index is 0.701. The summed E-state index contributed by atoms with van der Waals surface area (Å²) in [6.45, 7) is 0.701. The normalized spacial score (nSPS) is 10.5. The van der Waals surface area contributed by atoms with Gasteiger partial charge in [-0.1, -0.05) is 30.3 Å². The fourth-order valence-corrected chi connectivity index (χ4v) is 2.43. The number of nitrogens with two attached hydrogens (primary N) is 1. The molecule has 2 rings (SSSR count). The molecule has 2 nitrogen and oxygen atoms in total. The van der Waals surface area contributed by atoms with E-state index >= 15 is 0 Å². The van der Waals surface area contributed by atoms with Crippen LogP contribution in [0.25, 0.3) is 0 Å². The Balaban J connectivity index is 2.05. The second-order valence-corrected chi connectivity index (χ2v) is 4.62. The molecular formula is C12H14N2S. The van der Waals surface area contributed by atoms with Gasteiger partial charge in [-0.05, 0) is 18.5 Å². The van der Waals surface area contributed by atoms with Crippen molar-refractivity contribution < 1.29 is 0 Å². The fraction of sp³-hybridized carbons (Fsp3) is 0.250. The number of hydrogen-bond acceptors (Lipinski definition) is 3. The molecule has 0 fully saturated rings. The molecule has 0 aliphatic heterocycles. The van der Waals surface area contributed by atoms with E-state index in [1.54, 1.807) is 11.3 Å². The molecule has 2 aromatic rings. The molecule has 78 valence electrons. The summed E-state index contributed by atoms with van der Waals surface area (Å²) in [5, 5.41) is 1.17. The third kappa shape index (κ3) is 2.88. The monoisotopic (exact) mass is 218 g/mol. The van der Waals surface area contributed by atoms with E-state index in [0.29, 0.717) is 6.54 Å².